The molecular weight excluding hydrogens is 406 g/mol. The molecule has 4 nitrogen and oxygen atoms in total. The predicted octanol–water partition coefficient (Wildman–Crippen LogP) is 5.30. The molecule has 1 unspecified atom stereocenters. The predicted molar refractivity (Wildman–Crippen MR) is 115 cm³/mol. The summed E-state index contributed by atoms with van der Waals surface area (Å²) in [5, 5.41) is 2.34. The van der Waals surface area contributed by atoms with Crippen molar-refractivity contribution in [2.45, 2.75) is 12.3 Å². The first-order valence-electron chi connectivity index (χ1n) is 9.29. The quantitative estimate of drug-likeness (QED) is 0.618. The van der Waals surface area contributed by atoms with Crippen LogP contribution in [0.4, 0.5) is 20.2 Å². The molecule has 0 aromatic heterocycles. The Hall–Kier alpha value is -3.19. The van der Waals surface area contributed by atoms with Crippen LogP contribution in [0.3, 0.4) is 0 Å². The van der Waals surface area contributed by atoms with Crippen LogP contribution in [0.15, 0.2) is 66.7 Å². The molecule has 1 saturated heterocycles. The third-order valence-electron chi connectivity index (χ3n) is 4.85. The molecule has 152 valence electrons. The summed E-state index contributed by atoms with van der Waals surface area (Å²) in [6.45, 7) is 1.86. The molecular formula is C23H18F2N2O2S. The van der Waals surface area contributed by atoms with Gasteiger partial charge in [-0.1, -0.05) is 30.3 Å². The van der Waals surface area contributed by atoms with Gasteiger partial charge in [-0.25, -0.2) is 8.78 Å². The number of aryl methyl sites for hydroxylation is 1. The van der Waals surface area contributed by atoms with E-state index in [1.54, 1.807) is 36.4 Å². The fourth-order valence-corrected chi connectivity index (χ4v) is 4.56. The van der Waals surface area contributed by atoms with Crippen molar-refractivity contribution < 1.29 is 18.4 Å². The smallest absolute Gasteiger partial charge is 0.255 e. The Labute approximate surface area is 176 Å². The van der Waals surface area contributed by atoms with Crippen molar-refractivity contribution in [1.29, 1.82) is 0 Å². The number of nitrogens with zero attached hydrogens (tertiary/aromatic N) is 1. The lowest BCUT2D eigenvalue weighted by atomic mass is 10.1. The van der Waals surface area contributed by atoms with Crippen LogP contribution >= 0.6 is 11.8 Å². The van der Waals surface area contributed by atoms with Gasteiger partial charge in [0.15, 0.2) is 0 Å². The molecule has 1 aliphatic rings. The lowest BCUT2D eigenvalue weighted by molar-refractivity contribution is -0.115. The van der Waals surface area contributed by atoms with E-state index in [2.05, 4.69) is 5.32 Å². The number of rotatable bonds is 4. The molecule has 0 aliphatic carbocycles. The fraction of sp³-hybridized carbons (Fsp3) is 0.130. The summed E-state index contributed by atoms with van der Waals surface area (Å²) in [6, 6.07) is 17.4. The lowest BCUT2D eigenvalue weighted by Gasteiger charge is -2.25. The molecule has 1 heterocycles. The van der Waals surface area contributed by atoms with Gasteiger partial charge in [-0.3, -0.25) is 14.5 Å². The number of benzene rings is 3. The summed E-state index contributed by atoms with van der Waals surface area (Å²) in [7, 11) is 0. The maximum atomic E-state index is 14.3. The van der Waals surface area contributed by atoms with E-state index in [-0.39, 0.29) is 23.3 Å². The number of amides is 2. The van der Waals surface area contributed by atoms with Crippen molar-refractivity contribution in [1.82, 2.24) is 0 Å². The van der Waals surface area contributed by atoms with Gasteiger partial charge < -0.3 is 5.32 Å². The van der Waals surface area contributed by atoms with Gasteiger partial charge >= 0.3 is 0 Å². The molecule has 4 rings (SSSR count). The molecule has 0 spiro atoms. The molecule has 1 fully saturated rings. The number of carbonyl (C=O) groups excluding carboxylic acids is 2. The Morgan fingerprint density at radius 2 is 1.87 bits per heavy atom. The second-order valence-corrected chi connectivity index (χ2v) is 7.99. The number of hydrogen-bond donors (Lipinski definition) is 1. The number of carbonyl (C=O) groups is 2. The summed E-state index contributed by atoms with van der Waals surface area (Å²) < 4.78 is 28.0. The molecule has 7 heteroatoms. The number of anilines is 2. The average molecular weight is 424 g/mol. The molecule has 1 N–H and O–H groups in total. The van der Waals surface area contributed by atoms with Crippen LogP contribution in [0, 0.1) is 18.6 Å². The Kier molecular flexibility index (Phi) is 5.55. The van der Waals surface area contributed by atoms with Crippen LogP contribution in [0.5, 0.6) is 0 Å². The first-order chi connectivity index (χ1) is 14.4. The number of hydrogen-bond acceptors (Lipinski definition) is 3. The highest BCUT2D eigenvalue weighted by Crippen LogP contribution is 2.43. The number of nitrogens with one attached hydrogen (secondary N) is 1. The maximum absolute atomic E-state index is 14.3. The lowest BCUT2D eigenvalue weighted by Crippen LogP contribution is -2.29. The van der Waals surface area contributed by atoms with E-state index < -0.39 is 17.0 Å². The highest BCUT2D eigenvalue weighted by molar-refractivity contribution is 8.00. The number of halogens is 2. The zero-order valence-electron chi connectivity index (χ0n) is 16.1. The van der Waals surface area contributed by atoms with Crippen LogP contribution in [0.25, 0.3) is 0 Å². The fourth-order valence-electron chi connectivity index (χ4n) is 3.40. The van der Waals surface area contributed by atoms with Gasteiger partial charge in [0.05, 0.1) is 11.4 Å². The largest absolute Gasteiger partial charge is 0.322 e. The van der Waals surface area contributed by atoms with E-state index in [1.165, 1.54) is 16.7 Å². The van der Waals surface area contributed by atoms with E-state index in [1.807, 2.05) is 19.1 Å². The normalized spacial score (nSPS) is 16.0. The van der Waals surface area contributed by atoms with Crippen molar-refractivity contribution in [3.63, 3.8) is 0 Å². The first-order valence-corrected chi connectivity index (χ1v) is 10.3. The van der Waals surface area contributed by atoms with Gasteiger partial charge in [0, 0.05) is 17.3 Å². The highest BCUT2D eigenvalue weighted by Gasteiger charge is 2.35. The van der Waals surface area contributed by atoms with Crippen LogP contribution in [-0.2, 0) is 4.79 Å². The Morgan fingerprint density at radius 3 is 2.67 bits per heavy atom. The second-order valence-electron chi connectivity index (χ2n) is 6.92. The van der Waals surface area contributed by atoms with Crippen LogP contribution in [0.2, 0.25) is 0 Å². The minimum absolute atomic E-state index is 0.0932. The summed E-state index contributed by atoms with van der Waals surface area (Å²) >= 11 is 1.32. The molecule has 0 saturated carbocycles. The van der Waals surface area contributed by atoms with Gasteiger partial charge in [-0.15, -0.1) is 11.8 Å². The van der Waals surface area contributed by atoms with Crippen molar-refractivity contribution in [3.8, 4) is 0 Å². The molecule has 1 aliphatic heterocycles. The SMILES string of the molecule is Cc1ccccc1C(=O)Nc1cccc(C2SCC(=O)N2c2cc(F)ccc2F)c1. The van der Waals surface area contributed by atoms with Gasteiger partial charge in [-0.2, -0.15) is 0 Å². The minimum atomic E-state index is -0.665. The molecule has 3 aromatic carbocycles. The van der Waals surface area contributed by atoms with E-state index in [0.717, 1.165) is 23.8 Å². The first kappa shape index (κ1) is 20.1. The molecule has 30 heavy (non-hydrogen) atoms. The van der Waals surface area contributed by atoms with E-state index in [4.69, 9.17) is 0 Å². The maximum Gasteiger partial charge on any atom is 0.255 e. The van der Waals surface area contributed by atoms with Gasteiger partial charge in [-0.05, 0) is 48.4 Å². The zero-order chi connectivity index (χ0) is 21.3. The topological polar surface area (TPSA) is 49.4 Å². The standard InChI is InChI=1S/C23H18F2N2O2S/c1-14-5-2-3-8-18(14)22(29)26-17-7-4-6-15(11-17)23-27(21(28)13-30-23)20-12-16(24)9-10-19(20)25/h2-12,23H,13H2,1H3,(H,26,29). The summed E-state index contributed by atoms with van der Waals surface area (Å²) in [6.07, 6.45) is 0. The Morgan fingerprint density at radius 1 is 1.07 bits per heavy atom. The van der Waals surface area contributed by atoms with Crippen molar-refractivity contribution in [2.24, 2.45) is 0 Å². The van der Waals surface area contributed by atoms with Crippen LogP contribution in [-0.4, -0.2) is 17.6 Å². The highest BCUT2D eigenvalue weighted by atomic mass is 32.2. The molecule has 1 atom stereocenters. The third kappa shape index (κ3) is 3.93. The van der Waals surface area contributed by atoms with Crippen molar-refractivity contribution in [2.75, 3.05) is 16.0 Å². The van der Waals surface area contributed by atoms with Gasteiger partial charge in [0.25, 0.3) is 5.91 Å². The Bertz CT molecular complexity index is 1140. The zero-order valence-corrected chi connectivity index (χ0v) is 16.9. The third-order valence-corrected chi connectivity index (χ3v) is 6.07. The van der Waals surface area contributed by atoms with Gasteiger partial charge in [0.2, 0.25) is 5.91 Å². The summed E-state index contributed by atoms with van der Waals surface area (Å²) in [5.41, 5.74) is 2.59. The van der Waals surface area contributed by atoms with E-state index in [9.17, 15) is 18.4 Å². The van der Waals surface area contributed by atoms with Crippen LogP contribution in [0.1, 0.15) is 26.9 Å². The molecule has 3 aromatic rings. The molecule has 0 radical (unpaired) electrons. The van der Waals surface area contributed by atoms with Gasteiger partial charge in [0.1, 0.15) is 17.0 Å². The monoisotopic (exact) mass is 424 g/mol. The molecule has 2 amide bonds. The van der Waals surface area contributed by atoms with Crippen molar-refractivity contribution >= 4 is 35.0 Å². The van der Waals surface area contributed by atoms with E-state index >= 15 is 0 Å². The number of thioether (sulfide) groups is 1. The van der Waals surface area contributed by atoms with E-state index in [0.29, 0.717) is 16.8 Å². The minimum Gasteiger partial charge on any atom is -0.322 e. The summed E-state index contributed by atoms with van der Waals surface area (Å²) in [5.74, 6) is -1.67. The average Bonchev–Trinajstić information content (AvgIpc) is 3.11. The Balaban J connectivity index is 1.63. The van der Waals surface area contributed by atoms with Crippen molar-refractivity contribution in [3.05, 3.63) is 95.1 Å². The molecule has 0 bridgehead atoms. The second kappa shape index (κ2) is 8.28. The van der Waals surface area contributed by atoms with Crippen LogP contribution < -0.4 is 10.2 Å². The summed E-state index contributed by atoms with van der Waals surface area (Å²) in [4.78, 5) is 26.3.